The summed E-state index contributed by atoms with van der Waals surface area (Å²) in [4.78, 5) is 0. The Kier molecular flexibility index (Phi) is 3.08. The summed E-state index contributed by atoms with van der Waals surface area (Å²) in [6, 6.07) is 14.8. The maximum Gasteiger partial charge on any atom is 0.115 e. The lowest BCUT2D eigenvalue weighted by molar-refractivity contribution is 0.472. The first-order valence-corrected chi connectivity index (χ1v) is 8.23. The summed E-state index contributed by atoms with van der Waals surface area (Å²) >= 11 is 1.78. The van der Waals surface area contributed by atoms with Crippen LogP contribution >= 0.6 is 11.3 Å². The fourth-order valence-corrected chi connectivity index (χ4v) is 3.98. The number of phenolic OH excluding ortho intramolecular Hbond substituents is 1. The zero-order valence-electron chi connectivity index (χ0n) is 11.7. The standard InChI is InChI=1S/C18H17NOS/c20-15-5-6-16-12(11-15)2-1-3-17(16)19-14-4-7-18-13(10-14)8-9-21-18/h4-11,17,19-20H,1-3H2. The molecule has 3 heteroatoms. The van der Waals surface area contributed by atoms with Crippen molar-refractivity contribution in [1.82, 2.24) is 0 Å². The molecule has 0 spiro atoms. The highest BCUT2D eigenvalue weighted by atomic mass is 32.1. The van der Waals surface area contributed by atoms with Gasteiger partial charge in [-0.1, -0.05) is 6.07 Å². The monoisotopic (exact) mass is 295 g/mol. The second kappa shape index (κ2) is 5.08. The number of hydrogen-bond acceptors (Lipinski definition) is 3. The number of aryl methyl sites for hydroxylation is 1. The topological polar surface area (TPSA) is 32.3 Å². The molecular weight excluding hydrogens is 278 g/mol. The number of rotatable bonds is 2. The molecule has 1 aromatic heterocycles. The van der Waals surface area contributed by atoms with Crippen LogP contribution in [0.1, 0.15) is 30.0 Å². The molecule has 1 aliphatic carbocycles. The number of nitrogens with one attached hydrogen (secondary N) is 1. The van der Waals surface area contributed by atoms with E-state index in [1.54, 1.807) is 17.4 Å². The molecule has 106 valence electrons. The van der Waals surface area contributed by atoms with Crippen molar-refractivity contribution in [3.05, 3.63) is 59.0 Å². The lowest BCUT2D eigenvalue weighted by atomic mass is 9.87. The van der Waals surface area contributed by atoms with Crippen LogP contribution in [-0.4, -0.2) is 5.11 Å². The molecule has 3 aromatic rings. The van der Waals surface area contributed by atoms with Gasteiger partial charge in [0.1, 0.15) is 5.75 Å². The second-order valence-electron chi connectivity index (χ2n) is 5.65. The molecule has 1 unspecified atom stereocenters. The minimum Gasteiger partial charge on any atom is -0.508 e. The maximum atomic E-state index is 9.64. The number of aromatic hydroxyl groups is 1. The van der Waals surface area contributed by atoms with Gasteiger partial charge in [0.15, 0.2) is 0 Å². The van der Waals surface area contributed by atoms with Gasteiger partial charge in [-0.15, -0.1) is 11.3 Å². The van der Waals surface area contributed by atoms with Gasteiger partial charge >= 0.3 is 0 Å². The third kappa shape index (κ3) is 2.38. The van der Waals surface area contributed by atoms with Gasteiger partial charge in [-0.2, -0.15) is 0 Å². The molecule has 0 amide bonds. The van der Waals surface area contributed by atoms with E-state index in [9.17, 15) is 5.11 Å². The van der Waals surface area contributed by atoms with Gasteiger partial charge < -0.3 is 10.4 Å². The van der Waals surface area contributed by atoms with E-state index < -0.39 is 0 Å². The Morgan fingerprint density at radius 1 is 1.10 bits per heavy atom. The van der Waals surface area contributed by atoms with Gasteiger partial charge in [-0.05, 0) is 77.6 Å². The Morgan fingerprint density at radius 3 is 3.00 bits per heavy atom. The number of anilines is 1. The van der Waals surface area contributed by atoms with E-state index in [4.69, 9.17) is 0 Å². The number of fused-ring (bicyclic) bond motifs is 2. The van der Waals surface area contributed by atoms with Crippen molar-refractivity contribution >= 4 is 27.1 Å². The van der Waals surface area contributed by atoms with Crippen molar-refractivity contribution < 1.29 is 5.11 Å². The summed E-state index contributed by atoms with van der Waals surface area (Å²) < 4.78 is 1.33. The minimum atomic E-state index is 0.338. The molecule has 4 rings (SSSR count). The van der Waals surface area contributed by atoms with Crippen molar-refractivity contribution in [1.29, 1.82) is 0 Å². The highest BCUT2D eigenvalue weighted by Crippen LogP contribution is 2.35. The summed E-state index contributed by atoms with van der Waals surface area (Å²) in [5.41, 5.74) is 3.77. The van der Waals surface area contributed by atoms with Crippen LogP contribution in [0.3, 0.4) is 0 Å². The first kappa shape index (κ1) is 12.7. The van der Waals surface area contributed by atoms with Gasteiger partial charge in [-0.25, -0.2) is 0 Å². The molecule has 21 heavy (non-hydrogen) atoms. The van der Waals surface area contributed by atoms with Crippen LogP contribution in [0.4, 0.5) is 5.69 Å². The number of thiophene rings is 1. The SMILES string of the molecule is Oc1ccc2c(c1)CCCC2Nc1ccc2sccc2c1. The number of benzene rings is 2. The predicted molar refractivity (Wildman–Crippen MR) is 89.2 cm³/mol. The van der Waals surface area contributed by atoms with E-state index >= 15 is 0 Å². The predicted octanol–water partition coefficient (Wildman–Crippen LogP) is 5.10. The van der Waals surface area contributed by atoms with Crippen LogP contribution < -0.4 is 5.32 Å². The average Bonchev–Trinajstić information content (AvgIpc) is 2.95. The first-order valence-electron chi connectivity index (χ1n) is 7.35. The molecule has 2 nitrogen and oxygen atoms in total. The van der Waals surface area contributed by atoms with Gasteiger partial charge in [0.05, 0.1) is 6.04 Å². The van der Waals surface area contributed by atoms with E-state index in [0.717, 1.165) is 19.3 Å². The quantitative estimate of drug-likeness (QED) is 0.689. The molecule has 1 heterocycles. The smallest absolute Gasteiger partial charge is 0.115 e. The molecule has 0 radical (unpaired) electrons. The summed E-state index contributed by atoms with van der Waals surface area (Å²) in [7, 11) is 0. The molecule has 0 saturated heterocycles. The first-order chi connectivity index (χ1) is 10.3. The Bertz CT molecular complexity index is 793. The van der Waals surface area contributed by atoms with Crippen molar-refractivity contribution in [2.75, 3.05) is 5.32 Å². The van der Waals surface area contributed by atoms with Crippen LogP contribution in [-0.2, 0) is 6.42 Å². The van der Waals surface area contributed by atoms with Crippen molar-refractivity contribution in [3.63, 3.8) is 0 Å². The normalized spacial score (nSPS) is 17.6. The van der Waals surface area contributed by atoms with Gasteiger partial charge in [0.25, 0.3) is 0 Å². The van der Waals surface area contributed by atoms with E-state index in [2.05, 4.69) is 41.0 Å². The molecule has 2 N–H and O–H groups in total. The number of hydrogen-bond donors (Lipinski definition) is 2. The Morgan fingerprint density at radius 2 is 2.05 bits per heavy atom. The van der Waals surface area contributed by atoms with Gasteiger partial charge in [0, 0.05) is 10.4 Å². The minimum absolute atomic E-state index is 0.338. The van der Waals surface area contributed by atoms with E-state index in [1.165, 1.54) is 26.9 Å². The second-order valence-corrected chi connectivity index (χ2v) is 6.59. The van der Waals surface area contributed by atoms with Crippen LogP contribution in [0.2, 0.25) is 0 Å². The third-order valence-corrected chi connectivity index (χ3v) is 5.13. The fraction of sp³-hybridized carbons (Fsp3) is 0.222. The zero-order valence-corrected chi connectivity index (χ0v) is 12.5. The Labute approximate surface area is 128 Å². The van der Waals surface area contributed by atoms with E-state index in [0.29, 0.717) is 11.8 Å². The van der Waals surface area contributed by atoms with Crippen molar-refractivity contribution in [3.8, 4) is 5.75 Å². The zero-order chi connectivity index (χ0) is 14.2. The molecule has 1 aliphatic rings. The highest BCUT2D eigenvalue weighted by molar-refractivity contribution is 7.17. The molecule has 2 aromatic carbocycles. The number of phenols is 1. The fourth-order valence-electron chi connectivity index (χ4n) is 3.21. The largest absolute Gasteiger partial charge is 0.508 e. The third-order valence-electron chi connectivity index (χ3n) is 4.23. The van der Waals surface area contributed by atoms with E-state index in [1.807, 2.05) is 6.07 Å². The Balaban J connectivity index is 1.65. The molecule has 1 atom stereocenters. The average molecular weight is 295 g/mol. The molecule has 0 fully saturated rings. The summed E-state index contributed by atoms with van der Waals surface area (Å²) in [6.07, 6.45) is 3.36. The lowest BCUT2D eigenvalue weighted by Crippen LogP contribution is -2.17. The molecule has 0 bridgehead atoms. The molecular formula is C18H17NOS. The summed E-state index contributed by atoms with van der Waals surface area (Å²) in [5, 5.41) is 16.7. The van der Waals surface area contributed by atoms with Crippen molar-refractivity contribution in [2.24, 2.45) is 0 Å². The van der Waals surface area contributed by atoms with Crippen LogP contribution in [0.5, 0.6) is 5.75 Å². The van der Waals surface area contributed by atoms with Crippen LogP contribution in [0.25, 0.3) is 10.1 Å². The lowest BCUT2D eigenvalue weighted by Gasteiger charge is -2.27. The van der Waals surface area contributed by atoms with Gasteiger partial charge in [-0.3, -0.25) is 0 Å². The highest BCUT2D eigenvalue weighted by Gasteiger charge is 2.20. The molecule has 0 saturated carbocycles. The Hall–Kier alpha value is -2.00. The maximum absolute atomic E-state index is 9.64. The molecule has 0 aliphatic heterocycles. The van der Waals surface area contributed by atoms with Crippen LogP contribution in [0.15, 0.2) is 47.8 Å². The summed E-state index contributed by atoms with van der Waals surface area (Å²) in [5.74, 6) is 0.370. The van der Waals surface area contributed by atoms with Crippen LogP contribution in [0, 0.1) is 0 Å². The van der Waals surface area contributed by atoms with E-state index in [-0.39, 0.29) is 0 Å². The van der Waals surface area contributed by atoms with Gasteiger partial charge in [0.2, 0.25) is 0 Å². The summed E-state index contributed by atoms with van der Waals surface area (Å²) in [6.45, 7) is 0. The van der Waals surface area contributed by atoms with Crippen molar-refractivity contribution in [2.45, 2.75) is 25.3 Å².